The van der Waals surface area contributed by atoms with Crippen LogP contribution in [0.3, 0.4) is 0 Å². The molecule has 22 heavy (non-hydrogen) atoms. The molecule has 0 aliphatic carbocycles. The van der Waals surface area contributed by atoms with Gasteiger partial charge in [0.2, 0.25) is 0 Å². The minimum Gasteiger partial charge on any atom is -0.365 e. The molecule has 1 aliphatic heterocycles. The second-order valence-electron chi connectivity index (χ2n) is 5.29. The van der Waals surface area contributed by atoms with E-state index in [0.717, 1.165) is 28.6 Å². The van der Waals surface area contributed by atoms with Crippen LogP contribution < -0.4 is 10.2 Å². The summed E-state index contributed by atoms with van der Waals surface area (Å²) < 4.78 is 0. The first-order chi connectivity index (χ1) is 10.5. The standard InChI is InChI=1S/C17H16N2O2S/c1-11-5-3-7-13(9-11)18-15-16(20)19(17(21)22-15)14-8-4-6-12(2)10-14/h3-10,15,18H,1-2H3/t15-/m0/s1. The molecule has 4 nitrogen and oxygen atoms in total. The lowest BCUT2D eigenvalue weighted by molar-refractivity contribution is -0.116. The van der Waals surface area contributed by atoms with E-state index in [-0.39, 0.29) is 11.1 Å². The molecule has 1 aliphatic rings. The van der Waals surface area contributed by atoms with Gasteiger partial charge in [-0.3, -0.25) is 9.59 Å². The number of aryl methyl sites for hydroxylation is 2. The molecule has 0 saturated carbocycles. The van der Waals surface area contributed by atoms with Crippen LogP contribution in [0.25, 0.3) is 0 Å². The van der Waals surface area contributed by atoms with Gasteiger partial charge >= 0.3 is 0 Å². The monoisotopic (exact) mass is 312 g/mol. The summed E-state index contributed by atoms with van der Waals surface area (Å²) >= 11 is 1.01. The second-order valence-corrected chi connectivity index (χ2v) is 6.35. The Kier molecular flexibility index (Phi) is 3.90. The number of anilines is 2. The molecule has 0 unspecified atom stereocenters. The minimum absolute atomic E-state index is 0.234. The Morgan fingerprint density at radius 3 is 2.36 bits per heavy atom. The topological polar surface area (TPSA) is 49.4 Å². The first-order valence-electron chi connectivity index (χ1n) is 6.99. The SMILES string of the molecule is Cc1cccc(N[C@H]2SC(=O)N(c3cccc(C)c3)C2=O)c1. The Morgan fingerprint density at radius 1 is 1.00 bits per heavy atom. The third-order valence-electron chi connectivity index (χ3n) is 3.42. The van der Waals surface area contributed by atoms with Crippen molar-refractivity contribution in [2.45, 2.75) is 19.2 Å². The normalized spacial score (nSPS) is 17.9. The molecular formula is C17H16N2O2S. The van der Waals surface area contributed by atoms with E-state index in [0.29, 0.717) is 5.69 Å². The van der Waals surface area contributed by atoms with Crippen LogP contribution in [0, 0.1) is 13.8 Å². The zero-order chi connectivity index (χ0) is 15.7. The van der Waals surface area contributed by atoms with E-state index in [1.807, 2.05) is 56.3 Å². The zero-order valence-electron chi connectivity index (χ0n) is 12.4. The highest BCUT2D eigenvalue weighted by Crippen LogP contribution is 2.32. The lowest BCUT2D eigenvalue weighted by Crippen LogP contribution is -2.34. The number of rotatable bonds is 3. The van der Waals surface area contributed by atoms with Crippen LogP contribution in [0.15, 0.2) is 48.5 Å². The first kappa shape index (κ1) is 14.7. The van der Waals surface area contributed by atoms with Crippen LogP contribution >= 0.6 is 11.8 Å². The van der Waals surface area contributed by atoms with Crippen LogP contribution in [-0.2, 0) is 4.79 Å². The Bertz CT molecular complexity index is 745. The van der Waals surface area contributed by atoms with Gasteiger partial charge in [-0.05, 0) is 61.0 Å². The molecule has 2 aromatic carbocycles. The minimum atomic E-state index is -0.588. The van der Waals surface area contributed by atoms with Crippen molar-refractivity contribution in [1.82, 2.24) is 0 Å². The van der Waals surface area contributed by atoms with E-state index in [2.05, 4.69) is 5.32 Å². The van der Waals surface area contributed by atoms with Gasteiger partial charge in [-0.1, -0.05) is 24.3 Å². The van der Waals surface area contributed by atoms with E-state index in [1.165, 1.54) is 4.90 Å². The molecule has 0 spiro atoms. The molecular weight excluding hydrogens is 296 g/mol. The summed E-state index contributed by atoms with van der Waals surface area (Å²) in [6.45, 7) is 3.92. The van der Waals surface area contributed by atoms with Crippen LogP contribution in [0.5, 0.6) is 0 Å². The molecule has 1 atom stereocenters. The fraction of sp³-hybridized carbons (Fsp3) is 0.176. The summed E-state index contributed by atoms with van der Waals surface area (Å²) in [4.78, 5) is 26.0. The highest BCUT2D eigenvalue weighted by molar-refractivity contribution is 8.16. The van der Waals surface area contributed by atoms with Crippen molar-refractivity contribution in [3.05, 3.63) is 59.7 Å². The van der Waals surface area contributed by atoms with Crippen LogP contribution in [0.4, 0.5) is 16.2 Å². The largest absolute Gasteiger partial charge is 0.365 e. The number of benzene rings is 2. The fourth-order valence-corrected chi connectivity index (χ4v) is 3.29. The van der Waals surface area contributed by atoms with Crippen LogP contribution in [0.1, 0.15) is 11.1 Å². The van der Waals surface area contributed by atoms with Crippen molar-refractivity contribution >= 4 is 34.3 Å². The van der Waals surface area contributed by atoms with Gasteiger partial charge in [-0.2, -0.15) is 0 Å². The van der Waals surface area contributed by atoms with Gasteiger partial charge in [-0.25, -0.2) is 4.90 Å². The molecule has 0 aromatic heterocycles. The molecule has 2 amide bonds. The van der Waals surface area contributed by atoms with Gasteiger partial charge in [0.1, 0.15) is 0 Å². The molecule has 5 heteroatoms. The van der Waals surface area contributed by atoms with Gasteiger partial charge in [-0.15, -0.1) is 0 Å². The predicted molar refractivity (Wildman–Crippen MR) is 90.2 cm³/mol. The maximum Gasteiger partial charge on any atom is 0.295 e. The predicted octanol–water partition coefficient (Wildman–Crippen LogP) is 3.94. The molecule has 112 valence electrons. The van der Waals surface area contributed by atoms with E-state index in [1.54, 1.807) is 6.07 Å². The van der Waals surface area contributed by atoms with Crippen LogP contribution in [-0.4, -0.2) is 16.5 Å². The summed E-state index contributed by atoms with van der Waals surface area (Å²) in [7, 11) is 0. The zero-order valence-corrected chi connectivity index (χ0v) is 13.2. The number of carbonyl (C=O) groups is 2. The average Bonchev–Trinajstić information content (AvgIpc) is 2.73. The maximum absolute atomic E-state index is 12.5. The second kappa shape index (κ2) is 5.85. The number of nitrogens with one attached hydrogen (secondary N) is 1. The van der Waals surface area contributed by atoms with Gasteiger partial charge in [0.05, 0.1) is 5.69 Å². The third-order valence-corrected chi connectivity index (χ3v) is 4.36. The Morgan fingerprint density at radius 2 is 1.68 bits per heavy atom. The van der Waals surface area contributed by atoms with Gasteiger partial charge in [0.25, 0.3) is 11.1 Å². The number of hydrogen-bond donors (Lipinski definition) is 1. The molecule has 0 bridgehead atoms. The molecule has 1 N–H and O–H groups in total. The maximum atomic E-state index is 12.5. The van der Waals surface area contributed by atoms with Crippen molar-refractivity contribution in [1.29, 1.82) is 0 Å². The Labute approximate surface area is 133 Å². The van der Waals surface area contributed by atoms with Crippen molar-refractivity contribution < 1.29 is 9.59 Å². The smallest absolute Gasteiger partial charge is 0.295 e. The lowest BCUT2D eigenvalue weighted by Gasteiger charge is -2.15. The average molecular weight is 312 g/mol. The van der Waals surface area contributed by atoms with Gasteiger partial charge in [0.15, 0.2) is 5.37 Å². The molecule has 2 aromatic rings. The Hall–Kier alpha value is -2.27. The lowest BCUT2D eigenvalue weighted by atomic mass is 10.2. The highest BCUT2D eigenvalue weighted by Gasteiger charge is 2.40. The van der Waals surface area contributed by atoms with Crippen molar-refractivity contribution in [3.63, 3.8) is 0 Å². The van der Waals surface area contributed by atoms with Crippen molar-refractivity contribution in [2.75, 3.05) is 10.2 Å². The number of thioether (sulfide) groups is 1. The van der Waals surface area contributed by atoms with Crippen LogP contribution in [0.2, 0.25) is 0 Å². The highest BCUT2D eigenvalue weighted by atomic mass is 32.2. The third kappa shape index (κ3) is 2.85. The van der Waals surface area contributed by atoms with E-state index in [9.17, 15) is 9.59 Å². The molecule has 1 heterocycles. The van der Waals surface area contributed by atoms with E-state index < -0.39 is 5.37 Å². The fourth-order valence-electron chi connectivity index (χ4n) is 2.39. The summed E-state index contributed by atoms with van der Waals surface area (Å²) in [5.41, 5.74) is 3.57. The number of nitrogens with zero attached hydrogens (tertiary/aromatic N) is 1. The number of hydrogen-bond acceptors (Lipinski definition) is 4. The molecule has 1 fully saturated rings. The summed E-state index contributed by atoms with van der Waals surface area (Å²) in [5, 5.41) is 2.29. The van der Waals surface area contributed by atoms with E-state index in [4.69, 9.17) is 0 Å². The van der Waals surface area contributed by atoms with Gasteiger partial charge < -0.3 is 5.32 Å². The quantitative estimate of drug-likeness (QED) is 0.932. The molecule has 3 rings (SSSR count). The van der Waals surface area contributed by atoms with Gasteiger partial charge in [0, 0.05) is 5.69 Å². The van der Waals surface area contributed by atoms with Crippen molar-refractivity contribution in [3.8, 4) is 0 Å². The first-order valence-corrected chi connectivity index (χ1v) is 7.87. The molecule has 0 radical (unpaired) electrons. The van der Waals surface area contributed by atoms with E-state index >= 15 is 0 Å². The summed E-state index contributed by atoms with van der Waals surface area (Å²) in [5.74, 6) is -0.234. The Balaban J connectivity index is 1.82. The van der Waals surface area contributed by atoms with Crippen molar-refractivity contribution in [2.24, 2.45) is 0 Å². The summed E-state index contributed by atoms with van der Waals surface area (Å²) in [6, 6.07) is 15.1. The molecule has 1 saturated heterocycles. The number of imide groups is 1. The number of carbonyl (C=O) groups excluding carboxylic acids is 2. The summed E-state index contributed by atoms with van der Waals surface area (Å²) in [6.07, 6.45) is 0. The number of amides is 2.